The van der Waals surface area contributed by atoms with Crippen LogP contribution < -0.4 is 0 Å². The zero-order valence-electron chi connectivity index (χ0n) is 2.66. The molecule has 6 heteroatoms. The Bertz CT molecular complexity index is 10.8. The van der Waals surface area contributed by atoms with E-state index in [0.717, 1.165) is 0 Å². The van der Waals surface area contributed by atoms with Crippen molar-refractivity contribution in [1.29, 1.82) is 0 Å². The number of hydrogen-bond donors (Lipinski definition) is 0. The van der Waals surface area contributed by atoms with Gasteiger partial charge in [-0.2, -0.15) is 0 Å². The van der Waals surface area contributed by atoms with E-state index in [-0.39, 0.29) is 72.6 Å². The maximum Gasteiger partial charge on any atom is 4.00 e. The second-order valence-corrected chi connectivity index (χ2v) is 0. The largest absolute Gasteiger partial charge is 4.00 e. The molecular weight excluding hydrogens is 179 g/mol. The summed E-state index contributed by atoms with van der Waals surface area (Å²) in [6.07, 6.45) is 0. The van der Waals surface area contributed by atoms with Crippen molar-refractivity contribution in [2.24, 2.45) is 0 Å². The Morgan fingerprint density at radius 1 is 0.667 bits per heavy atom. The Morgan fingerprint density at radius 3 is 0.667 bits per heavy atom. The van der Waals surface area contributed by atoms with E-state index in [1.54, 1.807) is 0 Å². The van der Waals surface area contributed by atoms with E-state index in [0.29, 0.717) is 0 Å². The third-order valence-electron chi connectivity index (χ3n) is 0. The van der Waals surface area contributed by atoms with Crippen LogP contribution in [0, 0.1) is 0 Å². The zero-order chi connectivity index (χ0) is 0. The minimum Gasteiger partial charge on any atom is -2.00 e. The maximum atomic E-state index is 0. The Morgan fingerprint density at radius 2 is 0.667 bits per heavy atom. The second-order valence-electron chi connectivity index (χ2n) is 0. The van der Waals surface area contributed by atoms with Crippen LogP contribution >= 0.6 is 0 Å². The van der Waals surface area contributed by atoms with Gasteiger partial charge in [0.25, 0.3) is 0 Å². The van der Waals surface area contributed by atoms with Gasteiger partial charge in [-0.1, -0.05) is 0 Å². The predicted octanol–water partition coefficient (Wildman–Crippen LogP) is -0.742. The second kappa shape index (κ2) is 78.2. The molecule has 0 aromatic rings. The molecule has 0 radical (unpaired) electrons. The van der Waals surface area contributed by atoms with Gasteiger partial charge < -0.3 is 16.4 Å². The fourth-order valence-corrected chi connectivity index (χ4v) is 0. The van der Waals surface area contributed by atoms with Gasteiger partial charge in [0.05, 0.1) is 0 Å². The smallest absolute Gasteiger partial charge is 2.00 e. The average Bonchev–Trinajstić information content (AvgIpc) is 0. The molecule has 3 nitrogen and oxygen atoms in total. The third kappa shape index (κ3) is 45.0. The molecular formula is AlFeO3Ti+3. The van der Waals surface area contributed by atoms with E-state index >= 15 is 0 Å². The van der Waals surface area contributed by atoms with Gasteiger partial charge in [-0.05, 0) is 0 Å². The molecule has 0 aliphatic carbocycles. The average molecular weight is 179 g/mol. The van der Waals surface area contributed by atoms with Gasteiger partial charge in [-0.25, -0.2) is 0 Å². The zero-order valence-corrected chi connectivity index (χ0v) is 6.48. The fourth-order valence-electron chi connectivity index (χ4n) is 0. The molecule has 0 bridgehead atoms. The molecule has 0 aromatic heterocycles. The molecule has 0 rings (SSSR count). The minimum absolute atomic E-state index is 0. The summed E-state index contributed by atoms with van der Waals surface area (Å²) in [6.45, 7) is 0. The van der Waals surface area contributed by atoms with Crippen molar-refractivity contribution < 1.29 is 55.2 Å². The van der Waals surface area contributed by atoms with Crippen molar-refractivity contribution in [3.05, 3.63) is 0 Å². The van der Waals surface area contributed by atoms with Gasteiger partial charge >= 0.3 is 56.1 Å². The van der Waals surface area contributed by atoms with Crippen LogP contribution in [0.15, 0.2) is 0 Å². The molecule has 0 amide bonds. The van der Waals surface area contributed by atoms with Crippen molar-refractivity contribution in [2.45, 2.75) is 0 Å². The van der Waals surface area contributed by atoms with Crippen LogP contribution in [0.1, 0.15) is 0 Å². The molecule has 0 aromatic carbocycles. The first-order chi connectivity index (χ1) is 0. The monoisotopic (exact) mass is 179 g/mol. The van der Waals surface area contributed by atoms with Crippen molar-refractivity contribution in [2.75, 3.05) is 0 Å². The van der Waals surface area contributed by atoms with Crippen molar-refractivity contribution >= 4 is 17.4 Å². The van der Waals surface area contributed by atoms with Gasteiger partial charge in [0.2, 0.25) is 0 Å². The summed E-state index contributed by atoms with van der Waals surface area (Å²) < 4.78 is 0. The van der Waals surface area contributed by atoms with Crippen LogP contribution in [-0.4, -0.2) is 17.4 Å². The van der Waals surface area contributed by atoms with Crippen molar-refractivity contribution in [3.8, 4) is 0 Å². The molecule has 0 atom stereocenters. The standard InChI is InChI=1S/Al.Fe.3O.Ti/q+3;+2;3*-2;+4. The van der Waals surface area contributed by atoms with Crippen molar-refractivity contribution in [1.82, 2.24) is 0 Å². The third-order valence-corrected chi connectivity index (χ3v) is 0. The summed E-state index contributed by atoms with van der Waals surface area (Å²) in [5.74, 6) is 0. The predicted molar refractivity (Wildman–Crippen MR) is 7.81 cm³/mol. The van der Waals surface area contributed by atoms with Crippen LogP contribution in [-0.2, 0) is 55.2 Å². The van der Waals surface area contributed by atoms with Crippen LogP contribution in [0.3, 0.4) is 0 Å². The van der Waals surface area contributed by atoms with E-state index in [4.69, 9.17) is 0 Å². The minimum atomic E-state index is 0. The topological polar surface area (TPSA) is 85.5 Å². The molecule has 0 N–H and O–H groups in total. The summed E-state index contributed by atoms with van der Waals surface area (Å²) in [6, 6.07) is 0. The Kier molecular flexibility index (Phi) is 1620. The van der Waals surface area contributed by atoms with Gasteiger partial charge in [0.1, 0.15) is 0 Å². The van der Waals surface area contributed by atoms with Crippen molar-refractivity contribution in [3.63, 3.8) is 0 Å². The molecule has 6 heavy (non-hydrogen) atoms. The van der Waals surface area contributed by atoms with E-state index in [1.165, 1.54) is 0 Å². The maximum absolute atomic E-state index is 0. The van der Waals surface area contributed by atoms with Gasteiger partial charge in [-0.3, -0.25) is 0 Å². The summed E-state index contributed by atoms with van der Waals surface area (Å²) in [5.41, 5.74) is 0. The molecule has 30 valence electrons. The summed E-state index contributed by atoms with van der Waals surface area (Å²) in [5, 5.41) is 0. The van der Waals surface area contributed by atoms with Crippen LogP contribution in [0.2, 0.25) is 0 Å². The first-order valence-corrected chi connectivity index (χ1v) is 0. The van der Waals surface area contributed by atoms with E-state index < -0.39 is 0 Å². The molecule has 0 aliphatic heterocycles. The summed E-state index contributed by atoms with van der Waals surface area (Å²) in [4.78, 5) is 0. The van der Waals surface area contributed by atoms with Gasteiger partial charge in [0.15, 0.2) is 0 Å². The van der Waals surface area contributed by atoms with E-state index in [9.17, 15) is 0 Å². The molecule has 0 aliphatic rings. The number of hydrogen-bond acceptors (Lipinski definition) is 0. The summed E-state index contributed by atoms with van der Waals surface area (Å²) in [7, 11) is 0. The number of rotatable bonds is 0. The SMILES string of the molecule is [Al+3].[Fe+2].[O-2].[O-2].[O-2].[Ti+4]. The molecule has 0 fully saturated rings. The van der Waals surface area contributed by atoms with Crippen LogP contribution in [0.5, 0.6) is 0 Å². The van der Waals surface area contributed by atoms with Crippen LogP contribution in [0.25, 0.3) is 0 Å². The Balaban J connectivity index is 0. The Hall–Kier alpha value is 1.65. The van der Waals surface area contributed by atoms with E-state index in [2.05, 4.69) is 0 Å². The van der Waals surface area contributed by atoms with Crippen LogP contribution in [0.4, 0.5) is 0 Å². The summed E-state index contributed by atoms with van der Waals surface area (Å²) >= 11 is 0. The first kappa shape index (κ1) is 125. The quantitative estimate of drug-likeness (QED) is 0.438. The Labute approximate surface area is 72.3 Å². The molecule has 0 heterocycles. The van der Waals surface area contributed by atoms with Gasteiger partial charge in [-0.15, -0.1) is 0 Å². The first-order valence-electron chi connectivity index (χ1n) is 0. The van der Waals surface area contributed by atoms with Gasteiger partial charge in [0, 0.05) is 0 Å². The van der Waals surface area contributed by atoms with E-state index in [1.807, 2.05) is 0 Å². The molecule has 0 spiro atoms. The molecule has 0 unspecified atom stereocenters. The molecule has 0 saturated carbocycles. The molecule has 0 saturated heterocycles. The fraction of sp³-hybridized carbons (Fsp3) is 0. The normalized spacial score (nSPS) is 0.